The van der Waals surface area contributed by atoms with Crippen LogP contribution in [0.4, 0.5) is 0 Å². The van der Waals surface area contributed by atoms with E-state index in [0.717, 1.165) is 17.9 Å². The maximum Gasteiger partial charge on any atom is 0.00671 e. The average Bonchev–Trinajstić information content (AvgIpc) is 2.29. The molecule has 1 aliphatic carbocycles. The van der Waals surface area contributed by atoms with Gasteiger partial charge in [0.1, 0.15) is 0 Å². The maximum absolute atomic E-state index is 3.67. The topological polar surface area (TPSA) is 12.0 Å². The zero-order valence-corrected chi connectivity index (χ0v) is 10.3. The van der Waals surface area contributed by atoms with Gasteiger partial charge in [0, 0.05) is 6.04 Å². The predicted octanol–water partition coefficient (Wildman–Crippen LogP) is 3.74. The molecule has 1 N–H and O–H groups in total. The molecule has 0 aromatic heterocycles. The normalized spacial score (nSPS) is 37.8. The summed E-state index contributed by atoms with van der Waals surface area (Å²) in [5.74, 6) is 2.05. The smallest absolute Gasteiger partial charge is 0.00671 e. The quantitative estimate of drug-likeness (QED) is 0.746. The fraction of sp³-hybridized carbons (Fsp3) is 1.00. The highest BCUT2D eigenvalue weighted by Gasteiger charge is 2.22. The average molecular weight is 209 g/mol. The van der Waals surface area contributed by atoms with Crippen LogP contribution in [0.1, 0.15) is 64.7 Å². The molecular formula is C14H27N. The van der Waals surface area contributed by atoms with Gasteiger partial charge in [-0.25, -0.2) is 0 Å². The van der Waals surface area contributed by atoms with Crippen LogP contribution in [0.5, 0.6) is 0 Å². The Kier molecular flexibility index (Phi) is 4.49. The van der Waals surface area contributed by atoms with Crippen molar-refractivity contribution in [2.45, 2.75) is 70.8 Å². The molecular weight excluding hydrogens is 182 g/mol. The van der Waals surface area contributed by atoms with E-state index in [4.69, 9.17) is 0 Å². The summed E-state index contributed by atoms with van der Waals surface area (Å²) in [6, 6.07) is 0.855. The van der Waals surface area contributed by atoms with E-state index in [1.807, 2.05) is 0 Å². The van der Waals surface area contributed by atoms with Crippen LogP contribution >= 0.6 is 0 Å². The van der Waals surface area contributed by atoms with Crippen LogP contribution in [0, 0.1) is 11.8 Å². The van der Waals surface area contributed by atoms with Gasteiger partial charge in [-0.3, -0.25) is 0 Å². The number of hydrogen-bond donors (Lipinski definition) is 1. The Morgan fingerprint density at radius 2 is 1.73 bits per heavy atom. The fourth-order valence-corrected chi connectivity index (χ4v) is 3.41. The third-order valence-electron chi connectivity index (χ3n) is 4.59. The van der Waals surface area contributed by atoms with Crippen molar-refractivity contribution in [3.8, 4) is 0 Å². The summed E-state index contributed by atoms with van der Waals surface area (Å²) in [7, 11) is 0. The number of nitrogens with one attached hydrogen (secondary N) is 1. The molecule has 1 aliphatic heterocycles. The number of rotatable bonds is 3. The lowest BCUT2D eigenvalue weighted by atomic mass is 9.77. The Morgan fingerprint density at radius 1 is 0.933 bits per heavy atom. The van der Waals surface area contributed by atoms with Crippen molar-refractivity contribution in [2.24, 2.45) is 11.8 Å². The van der Waals surface area contributed by atoms with Crippen LogP contribution < -0.4 is 5.32 Å². The molecule has 3 atom stereocenters. The van der Waals surface area contributed by atoms with Gasteiger partial charge in [-0.2, -0.15) is 0 Å². The Morgan fingerprint density at radius 3 is 2.47 bits per heavy atom. The van der Waals surface area contributed by atoms with Gasteiger partial charge in [0.15, 0.2) is 0 Å². The highest BCUT2D eigenvalue weighted by Crippen LogP contribution is 2.33. The second kappa shape index (κ2) is 5.89. The Balaban J connectivity index is 1.67. The van der Waals surface area contributed by atoms with E-state index in [1.165, 1.54) is 64.3 Å². The lowest BCUT2D eigenvalue weighted by Gasteiger charge is -2.31. The first-order chi connectivity index (χ1) is 7.36. The summed E-state index contributed by atoms with van der Waals surface area (Å²) >= 11 is 0. The van der Waals surface area contributed by atoms with E-state index < -0.39 is 0 Å². The van der Waals surface area contributed by atoms with Gasteiger partial charge in [0.2, 0.25) is 0 Å². The first-order valence-corrected chi connectivity index (χ1v) is 7.09. The van der Waals surface area contributed by atoms with E-state index >= 15 is 0 Å². The molecule has 2 fully saturated rings. The van der Waals surface area contributed by atoms with Gasteiger partial charge >= 0.3 is 0 Å². The Labute approximate surface area is 95.0 Å². The molecule has 3 unspecified atom stereocenters. The summed E-state index contributed by atoms with van der Waals surface area (Å²) in [5, 5.41) is 3.67. The van der Waals surface area contributed by atoms with E-state index in [1.54, 1.807) is 0 Å². The lowest BCUT2D eigenvalue weighted by Crippen LogP contribution is -2.34. The van der Waals surface area contributed by atoms with Crippen LogP contribution in [0.2, 0.25) is 0 Å². The zero-order chi connectivity index (χ0) is 10.5. The van der Waals surface area contributed by atoms with E-state index in [9.17, 15) is 0 Å². The SMILES string of the molecule is CC1CCCCC1CCC1CCCCN1. The minimum Gasteiger partial charge on any atom is -0.314 e. The third kappa shape index (κ3) is 3.48. The number of hydrogen-bond acceptors (Lipinski definition) is 1. The molecule has 2 rings (SSSR count). The molecule has 1 heterocycles. The van der Waals surface area contributed by atoms with E-state index in [2.05, 4.69) is 12.2 Å². The van der Waals surface area contributed by atoms with Gasteiger partial charge in [-0.15, -0.1) is 0 Å². The molecule has 2 aliphatic rings. The molecule has 0 radical (unpaired) electrons. The first-order valence-electron chi connectivity index (χ1n) is 7.09. The molecule has 1 saturated carbocycles. The van der Waals surface area contributed by atoms with Crippen LogP contribution in [0.15, 0.2) is 0 Å². The van der Waals surface area contributed by atoms with Crippen LogP contribution in [-0.2, 0) is 0 Å². The van der Waals surface area contributed by atoms with Crippen molar-refractivity contribution in [1.29, 1.82) is 0 Å². The summed E-state index contributed by atoms with van der Waals surface area (Å²) in [6.07, 6.45) is 13.2. The second-order valence-electron chi connectivity index (χ2n) is 5.75. The molecule has 1 nitrogen and oxygen atoms in total. The van der Waals surface area contributed by atoms with Crippen LogP contribution in [0.3, 0.4) is 0 Å². The summed E-state index contributed by atoms with van der Waals surface area (Å²) < 4.78 is 0. The molecule has 0 spiro atoms. The summed E-state index contributed by atoms with van der Waals surface area (Å²) in [4.78, 5) is 0. The van der Waals surface area contributed by atoms with E-state index in [-0.39, 0.29) is 0 Å². The summed E-state index contributed by atoms with van der Waals surface area (Å²) in [5.41, 5.74) is 0. The minimum absolute atomic E-state index is 0.855. The zero-order valence-electron chi connectivity index (χ0n) is 10.3. The maximum atomic E-state index is 3.67. The molecule has 15 heavy (non-hydrogen) atoms. The van der Waals surface area contributed by atoms with Gasteiger partial charge in [0.25, 0.3) is 0 Å². The molecule has 0 bridgehead atoms. The highest BCUT2D eigenvalue weighted by atomic mass is 14.9. The van der Waals surface area contributed by atoms with E-state index in [0.29, 0.717) is 0 Å². The molecule has 0 aromatic carbocycles. The van der Waals surface area contributed by atoms with Crippen molar-refractivity contribution in [1.82, 2.24) is 5.32 Å². The minimum atomic E-state index is 0.855. The molecule has 1 heteroatoms. The van der Waals surface area contributed by atoms with Crippen molar-refractivity contribution in [2.75, 3.05) is 6.54 Å². The highest BCUT2D eigenvalue weighted by molar-refractivity contribution is 4.77. The first kappa shape index (κ1) is 11.4. The molecule has 0 aromatic rings. The monoisotopic (exact) mass is 209 g/mol. The molecule has 1 saturated heterocycles. The largest absolute Gasteiger partial charge is 0.314 e. The van der Waals surface area contributed by atoms with Crippen molar-refractivity contribution >= 4 is 0 Å². The number of piperidine rings is 1. The lowest BCUT2D eigenvalue weighted by molar-refractivity contribution is 0.224. The van der Waals surface area contributed by atoms with Crippen molar-refractivity contribution in [3.05, 3.63) is 0 Å². The van der Waals surface area contributed by atoms with Crippen molar-refractivity contribution in [3.63, 3.8) is 0 Å². The van der Waals surface area contributed by atoms with Crippen molar-refractivity contribution < 1.29 is 0 Å². The van der Waals surface area contributed by atoms with Gasteiger partial charge in [-0.1, -0.05) is 39.0 Å². The third-order valence-corrected chi connectivity index (χ3v) is 4.59. The van der Waals surface area contributed by atoms with Gasteiger partial charge < -0.3 is 5.32 Å². The van der Waals surface area contributed by atoms with Crippen LogP contribution in [-0.4, -0.2) is 12.6 Å². The van der Waals surface area contributed by atoms with Crippen LogP contribution in [0.25, 0.3) is 0 Å². The standard InChI is InChI=1S/C14H27N/c1-12-6-2-3-7-13(12)9-10-14-8-4-5-11-15-14/h12-15H,2-11H2,1H3. The van der Waals surface area contributed by atoms with Gasteiger partial charge in [-0.05, 0) is 44.1 Å². The molecule has 88 valence electrons. The predicted molar refractivity (Wildman–Crippen MR) is 66.0 cm³/mol. The second-order valence-corrected chi connectivity index (χ2v) is 5.75. The summed E-state index contributed by atoms with van der Waals surface area (Å²) in [6.45, 7) is 3.74. The van der Waals surface area contributed by atoms with Gasteiger partial charge in [0.05, 0.1) is 0 Å². The Bertz CT molecular complexity index is 172. The molecule has 0 amide bonds. The fourth-order valence-electron chi connectivity index (χ4n) is 3.41. The Hall–Kier alpha value is -0.0400.